The number of hydrogen-bond acceptors (Lipinski definition) is 2. The molecule has 106 valence electrons. The molecule has 0 radical (unpaired) electrons. The van der Waals surface area contributed by atoms with E-state index < -0.39 is 0 Å². The highest BCUT2D eigenvalue weighted by molar-refractivity contribution is 5.73. The Morgan fingerprint density at radius 3 is 2.68 bits per heavy atom. The van der Waals surface area contributed by atoms with Crippen molar-refractivity contribution < 1.29 is 13.9 Å². The van der Waals surface area contributed by atoms with Gasteiger partial charge in [-0.25, -0.2) is 9.18 Å². The predicted octanol–water partition coefficient (Wildman–Crippen LogP) is 2.65. The zero-order chi connectivity index (χ0) is 14.1. The molecule has 1 rings (SSSR count). The molecule has 0 aliphatic heterocycles. The molecule has 0 saturated heterocycles. The average Bonchev–Trinajstić information content (AvgIpc) is 2.42. The molecule has 0 aliphatic rings. The highest BCUT2D eigenvalue weighted by Gasteiger charge is 2.06. The first-order chi connectivity index (χ1) is 9.13. The van der Waals surface area contributed by atoms with E-state index in [0.717, 1.165) is 19.4 Å². The van der Waals surface area contributed by atoms with Crippen molar-refractivity contribution in [2.24, 2.45) is 0 Å². The third kappa shape index (κ3) is 6.08. The van der Waals surface area contributed by atoms with Crippen LogP contribution < -0.4 is 10.1 Å². The van der Waals surface area contributed by atoms with Crippen LogP contribution in [0.25, 0.3) is 0 Å². The second kappa shape index (κ2) is 8.34. The predicted molar refractivity (Wildman–Crippen MR) is 72.8 cm³/mol. The smallest absolute Gasteiger partial charge is 0.317 e. The number of hydrogen-bond donors (Lipinski definition) is 1. The Kier molecular flexibility index (Phi) is 6.71. The second-order valence-electron chi connectivity index (χ2n) is 4.31. The first kappa shape index (κ1) is 15.3. The number of nitrogens with zero attached hydrogens (tertiary/aromatic N) is 1. The van der Waals surface area contributed by atoms with Gasteiger partial charge in [0.2, 0.25) is 0 Å². The van der Waals surface area contributed by atoms with Crippen LogP contribution in [0, 0.1) is 5.82 Å². The van der Waals surface area contributed by atoms with Gasteiger partial charge in [0.15, 0.2) is 0 Å². The van der Waals surface area contributed by atoms with E-state index in [9.17, 15) is 9.18 Å². The summed E-state index contributed by atoms with van der Waals surface area (Å²) in [6.07, 6.45) is 2.06. The summed E-state index contributed by atoms with van der Waals surface area (Å²) in [5.41, 5.74) is 0. The van der Waals surface area contributed by atoms with Crippen LogP contribution in [0.15, 0.2) is 24.3 Å². The Morgan fingerprint density at radius 1 is 1.37 bits per heavy atom. The number of benzene rings is 1. The van der Waals surface area contributed by atoms with E-state index in [2.05, 4.69) is 12.2 Å². The standard InChI is InChI=1S/C14H21FN2O2/c1-3-4-10-17(2)14(18)16-9-11-19-13-7-5-12(15)6-8-13/h5-8H,3-4,9-11H2,1-2H3,(H,16,18). The summed E-state index contributed by atoms with van der Waals surface area (Å²) in [6.45, 7) is 3.62. The minimum absolute atomic E-state index is 0.101. The summed E-state index contributed by atoms with van der Waals surface area (Å²) >= 11 is 0. The number of amides is 2. The van der Waals surface area contributed by atoms with Gasteiger partial charge in [-0.15, -0.1) is 0 Å². The van der Waals surface area contributed by atoms with Crippen LogP contribution in [0.1, 0.15) is 19.8 Å². The molecule has 0 fully saturated rings. The largest absolute Gasteiger partial charge is 0.492 e. The zero-order valence-electron chi connectivity index (χ0n) is 11.5. The van der Waals surface area contributed by atoms with E-state index in [1.165, 1.54) is 12.1 Å². The van der Waals surface area contributed by atoms with Crippen LogP contribution in [0.4, 0.5) is 9.18 Å². The summed E-state index contributed by atoms with van der Waals surface area (Å²) in [6, 6.07) is 5.70. The average molecular weight is 268 g/mol. The van der Waals surface area contributed by atoms with Crippen molar-refractivity contribution >= 4 is 6.03 Å². The summed E-state index contributed by atoms with van der Waals surface area (Å²) < 4.78 is 18.0. The molecule has 4 nitrogen and oxygen atoms in total. The number of halogens is 1. The van der Waals surface area contributed by atoms with Crippen molar-refractivity contribution in [3.63, 3.8) is 0 Å². The topological polar surface area (TPSA) is 41.6 Å². The van der Waals surface area contributed by atoms with E-state index in [-0.39, 0.29) is 11.8 Å². The normalized spacial score (nSPS) is 10.1. The number of nitrogens with one attached hydrogen (secondary N) is 1. The summed E-state index contributed by atoms with van der Waals surface area (Å²) in [4.78, 5) is 13.3. The number of carbonyl (C=O) groups excluding carboxylic acids is 1. The molecule has 2 amide bonds. The van der Waals surface area contributed by atoms with Crippen molar-refractivity contribution in [2.75, 3.05) is 26.7 Å². The van der Waals surface area contributed by atoms with Gasteiger partial charge in [0.1, 0.15) is 18.2 Å². The van der Waals surface area contributed by atoms with Crippen molar-refractivity contribution in [1.29, 1.82) is 0 Å². The molecule has 0 saturated carbocycles. The van der Waals surface area contributed by atoms with Gasteiger partial charge in [-0.3, -0.25) is 0 Å². The first-order valence-corrected chi connectivity index (χ1v) is 6.50. The van der Waals surface area contributed by atoms with E-state index >= 15 is 0 Å². The number of carbonyl (C=O) groups is 1. The fraction of sp³-hybridized carbons (Fsp3) is 0.500. The molecule has 5 heteroatoms. The number of ether oxygens (including phenoxy) is 1. The Labute approximate surface area is 113 Å². The zero-order valence-corrected chi connectivity index (χ0v) is 11.5. The number of unbranched alkanes of at least 4 members (excludes halogenated alkanes) is 1. The van der Waals surface area contributed by atoms with Crippen LogP contribution in [0.2, 0.25) is 0 Å². The van der Waals surface area contributed by atoms with Gasteiger partial charge in [0, 0.05) is 13.6 Å². The number of rotatable bonds is 7. The molecule has 0 spiro atoms. The SMILES string of the molecule is CCCCN(C)C(=O)NCCOc1ccc(F)cc1. The lowest BCUT2D eigenvalue weighted by Gasteiger charge is -2.17. The lowest BCUT2D eigenvalue weighted by atomic mass is 10.3. The van der Waals surface area contributed by atoms with Gasteiger partial charge in [0.05, 0.1) is 6.54 Å². The van der Waals surface area contributed by atoms with E-state index in [1.807, 2.05) is 0 Å². The van der Waals surface area contributed by atoms with Gasteiger partial charge in [-0.2, -0.15) is 0 Å². The fourth-order valence-corrected chi connectivity index (χ4v) is 1.49. The van der Waals surface area contributed by atoms with Crippen LogP contribution >= 0.6 is 0 Å². The highest BCUT2D eigenvalue weighted by Crippen LogP contribution is 2.10. The first-order valence-electron chi connectivity index (χ1n) is 6.50. The molecule has 19 heavy (non-hydrogen) atoms. The van der Waals surface area contributed by atoms with Crippen molar-refractivity contribution in [3.8, 4) is 5.75 Å². The molecule has 1 aromatic rings. The highest BCUT2D eigenvalue weighted by atomic mass is 19.1. The Bertz CT molecular complexity index is 382. The summed E-state index contributed by atoms with van der Waals surface area (Å²) in [7, 11) is 1.77. The van der Waals surface area contributed by atoms with Crippen molar-refractivity contribution in [1.82, 2.24) is 10.2 Å². The van der Waals surface area contributed by atoms with E-state index in [0.29, 0.717) is 18.9 Å². The summed E-state index contributed by atoms with van der Waals surface area (Å²) in [5.74, 6) is 0.299. The molecular formula is C14H21FN2O2. The van der Waals surface area contributed by atoms with Gasteiger partial charge in [-0.1, -0.05) is 13.3 Å². The minimum atomic E-state index is -0.293. The quantitative estimate of drug-likeness (QED) is 0.772. The second-order valence-corrected chi connectivity index (χ2v) is 4.31. The molecule has 0 unspecified atom stereocenters. The molecular weight excluding hydrogens is 247 g/mol. The molecule has 1 aromatic carbocycles. The maximum absolute atomic E-state index is 12.7. The fourth-order valence-electron chi connectivity index (χ4n) is 1.49. The van der Waals surface area contributed by atoms with Crippen LogP contribution in [0.5, 0.6) is 5.75 Å². The van der Waals surface area contributed by atoms with Gasteiger partial charge >= 0.3 is 6.03 Å². The van der Waals surface area contributed by atoms with Gasteiger partial charge in [-0.05, 0) is 30.7 Å². The lowest BCUT2D eigenvalue weighted by Crippen LogP contribution is -2.39. The molecule has 1 N–H and O–H groups in total. The Balaban J connectivity index is 2.16. The molecule has 0 aromatic heterocycles. The monoisotopic (exact) mass is 268 g/mol. The summed E-state index contributed by atoms with van der Waals surface area (Å²) in [5, 5.41) is 2.76. The number of urea groups is 1. The van der Waals surface area contributed by atoms with Crippen LogP contribution in [-0.2, 0) is 0 Å². The van der Waals surface area contributed by atoms with Gasteiger partial charge < -0.3 is 15.0 Å². The minimum Gasteiger partial charge on any atom is -0.492 e. The lowest BCUT2D eigenvalue weighted by molar-refractivity contribution is 0.204. The van der Waals surface area contributed by atoms with Crippen LogP contribution in [0.3, 0.4) is 0 Å². The van der Waals surface area contributed by atoms with E-state index in [1.54, 1.807) is 24.1 Å². The van der Waals surface area contributed by atoms with Crippen LogP contribution in [-0.4, -0.2) is 37.7 Å². The third-order valence-electron chi connectivity index (χ3n) is 2.65. The molecule has 0 bridgehead atoms. The maximum atomic E-state index is 12.7. The van der Waals surface area contributed by atoms with Gasteiger partial charge in [0.25, 0.3) is 0 Å². The third-order valence-corrected chi connectivity index (χ3v) is 2.65. The van der Waals surface area contributed by atoms with Crippen molar-refractivity contribution in [3.05, 3.63) is 30.1 Å². The Morgan fingerprint density at radius 2 is 2.05 bits per heavy atom. The Hall–Kier alpha value is -1.78. The molecule has 0 atom stereocenters. The van der Waals surface area contributed by atoms with E-state index in [4.69, 9.17) is 4.74 Å². The molecule has 0 heterocycles. The maximum Gasteiger partial charge on any atom is 0.317 e. The van der Waals surface area contributed by atoms with Crippen molar-refractivity contribution in [2.45, 2.75) is 19.8 Å². The molecule has 0 aliphatic carbocycles.